The zero-order chi connectivity index (χ0) is 22.6. The molecule has 1 N–H and O–H groups in total. The summed E-state index contributed by atoms with van der Waals surface area (Å²) in [6, 6.07) is 5.06. The number of carbonyl (C=O) groups is 1. The zero-order valence-corrected chi connectivity index (χ0v) is 17.3. The molecule has 0 spiro atoms. The normalized spacial score (nSPS) is 18.0. The summed E-state index contributed by atoms with van der Waals surface area (Å²) < 4.78 is 48.1. The number of fused-ring (bicyclic) bond motifs is 2. The van der Waals surface area contributed by atoms with Gasteiger partial charge in [-0.2, -0.15) is 5.10 Å². The Hall–Kier alpha value is -3.62. The van der Waals surface area contributed by atoms with E-state index in [4.69, 9.17) is 4.42 Å². The first kappa shape index (κ1) is 20.3. The van der Waals surface area contributed by atoms with E-state index in [-0.39, 0.29) is 29.1 Å². The summed E-state index contributed by atoms with van der Waals surface area (Å²) in [6.45, 7) is 1.98. The molecule has 9 heteroatoms. The van der Waals surface area contributed by atoms with Crippen molar-refractivity contribution in [1.82, 2.24) is 20.1 Å². The van der Waals surface area contributed by atoms with Gasteiger partial charge in [-0.15, -0.1) is 0 Å². The van der Waals surface area contributed by atoms with Crippen molar-refractivity contribution >= 4 is 16.9 Å². The first-order chi connectivity index (χ1) is 15.3. The van der Waals surface area contributed by atoms with Crippen LogP contribution < -0.4 is 5.32 Å². The highest BCUT2D eigenvalue weighted by Gasteiger charge is 2.32. The number of amides is 1. The van der Waals surface area contributed by atoms with Crippen molar-refractivity contribution in [2.75, 3.05) is 0 Å². The summed E-state index contributed by atoms with van der Waals surface area (Å²) >= 11 is 0. The number of furan rings is 1. The number of hydrogen-bond acceptors (Lipinski definition) is 4. The van der Waals surface area contributed by atoms with Crippen molar-refractivity contribution in [3.05, 3.63) is 71.1 Å². The largest absolute Gasteiger partial charge is 0.464 e. The Balaban J connectivity index is 1.48. The number of halogens is 3. The van der Waals surface area contributed by atoms with Crippen LogP contribution in [0.15, 0.2) is 41.1 Å². The molecule has 0 fully saturated rings. The van der Waals surface area contributed by atoms with Crippen LogP contribution in [0.25, 0.3) is 22.2 Å². The lowest BCUT2D eigenvalue weighted by molar-refractivity contribution is 0.0928. The van der Waals surface area contributed by atoms with Crippen LogP contribution in [0.1, 0.15) is 41.0 Å². The molecule has 164 valence electrons. The number of benzene rings is 1. The third-order valence-electron chi connectivity index (χ3n) is 5.92. The van der Waals surface area contributed by atoms with Crippen molar-refractivity contribution in [2.45, 2.75) is 31.7 Å². The smallest absolute Gasteiger partial charge is 0.270 e. The van der Waals surface area contributed by atoms with E-state index in [0.29, 0.717) is 29.5 Å². The van der Waals surface area contributed by atoms with E-state index < -0.39 is 17.5 Å². The standard InChI is InChI=1S/C23H19F3N4O2/c1-11-7-13(28-23(31)21-14-4-6-32-18(14)3-5-27-21)10-15-20(11)29-30(2)22(15)12-8-16(24)19(26)17(25)9-12/h3-6,8-9,11,13H,7,10H2,1-2H3,(H,28,31). The number of carbonyl (C=O) groups excluding carboxylic acids is 1. The van der Waals surface area contributed by atoms with Crippen LogP contribution in [-0.4, -0.2) is 26.7 Å². The molecule has 0 radical (unpaired) electrons. The number of rotatable bonds is 3. The molecular formula is C23H19F3N4O2. The average Bonchev–Trinajstić information content (AvgIpc) is 3.35. The van der Waals surface area contributed by atoms with Crippen molar-refractivity contribution in [3.63, 3.8) is 0 Å². The Morgan fingerprint density at radius 3 is 2.72 bits per heavy atom. The molecule has 1 aliphatic rings. The van der Waals surface area contributed by atoms with E-state index in [0.717, 1.165) is 23.4 Å². The summed E-state index contributed by atoms with van der Waals surface area (Å²) in [5.74, 6) is -4.37. The van der Waals surface area contributed by atoms with Crippen molar-refractivity contribution in [3.8, 4) is 11.3 Å². The average molecular weight is 440 g/mol. The van der Waals surface area contributed by atoms with Gasteiger partial charge in [0.1, 0.15) is 11.3 Å². The second-order valence-corrected chi connectivity index (χ2v) is 8.09. The Kier molecular flexibility index (Phi) is 4.76. The summed E-state index contributed by atoms with van der Waals surface area (Å²) in [6.07, 6.45) is 4.07. The minimum absolute atomic E-state index is 0.00295. The lowest BCUT2D eigenvalue weighted by Crippen LogP contribution is -2.40. The molecule has 5 rings (SSSR count). The molecule has 0 bridgehead atoms. The predicted molar refractivity (Wildman–Crippen MR) is 111 cm³/mol. The molecule has 0 saturated heterocycles. The van der Waals surface area contributed by atoms with E-state index in [1.54, 1.807) is 23.9 Å². The molecule has 1 aromatic carbocycles. The topological polar surface area (TPSA) is 73.0 Å². The molecule has 4 aromatic rings. The highest BCUT2D eigenvalue weighted by atomic mass is 19.2. The molecule has 32 heavy (non-hydrogen) atoms. The Morgan fingerprint density at radius 1 is 1.22 bits per heavy atom. The zero-order valence-electron chi connectivity index (χ0n) is 17.3. The first-order valence-electron chi connectivity index (χ1n) is 10.2. The summed E-state index contributed by atoms with van der Waals surface area (Å²) in [7, 11) is 1.68. The molecular weight excluding hydrogens is 421 g/mol. The maximum absolute atomic E-state index is 13.9. The number of nitrogens with zero attached hydrogens (tertiary/aromatic N) is 3. The second-order valence-electron chi connectivity index (χ2n) is 8.09. The summed E-state index contributed by atoms with van der Waals surface area (Å²) in [5, 5.41) is 8.18. The molecule has 3 aromatic heterocycles. The first-order valence-corrected chi connectivity index (χ1v) is 10.2. The monoisotopic (exact) mass is 440 g/mol. The lowest BCUT2D eigenvalue weighted by Gasteiger charge is -2.27. The van der Waals surface area contributed by atoms with Gasteiger partial charge in [-0.3, -0.25) is 14.5 Å². The van der Waals surface area contributed by atoms with Gasteiger partial charge in [0, 0.05) is 36.3 Å². The van der Waals surface area contributed by atoms with Gasteiger partial charge in [0.2, 0.25) is 0 Å². The third-order valence-corrected chi connectivity index (χ3v) is 5.92. The minimum Gasteiger partial charge on any atom is -0.464 e. The highest BCUT2D eigenvalue weighted by molar-refractivity contribution is 6.04. The Bertz CT molecular complexity index is 1340. The van der Waals surface area contributed by atoms with Gasteiger partial charge < -0.3 is 9.73 Å². The van der Waals surface area contributed by atoms with Crippen LogP contribution in [0, 0.1) is 17.5 Å². The van der Waals surface area contributed by atoms with Gasteiger partial charge in [-0.25, -0.2) is 13.2 Å². The van der Waals surface area contributed by atoms with E-state index in [1.807, 2.05) is 6.92 Å². The molecule has 2 atom stereocenters. The lowest BCUT2D eigenvalue weighted by atomic mass is 9.83. The fourth-order valence-corrected chi connectivity index (χ4v) is 4.55. The number of aromatic nitrogens is 3. The Labute approximate surface area is 181 Å². The van der Waals surface area contributed by atoms with Crippen LogP contribution in [0.5, 0.6) is 0 Å². The van der Waals surface area contributed by atoms with E-state index in [1.165, 1.54) is 12.5 Å². The number of aryl methyl sites for hydroxylation is 1. The van der Waals surface area contributed by atoms with E-state index >= 15 is 0 Å². The van der Waals surface area contributed by atoms with Gasteiger partial charge in [0.15, 0.2) is 17.5 Å². The van der Waals surface area contributed by atoms with E-state index in [9.17, 15) is 18.0 Å². The number of nitrogens with one attached hydrogen (secondary N) is 1. The predicted octanol–water partition coefficient (Wildman–Crippen LogP) is 4.49. The van der Waals surface area contributed by atoms with Crippen LogP contribution in [-0.2, 0) is 13.5 Å². The number of hydrogen-bond donors (Lipinski definition) is 1. The minimum atomic E-state index is -1.51. The van der Waals surface area contributed by atoms with Crippen LogP contribution in [0.4, 0.5) is 13.2 Å². The molecule has 0 saturated carbocycles. The van der Waals surface area contributed by atoms with Crippen molar-refractivity contribution in [1.29, 1.82) is 0 Å². The highest BCUT2D eigenvalue weighted by Crippen LogP contribution is 2.37. The maximum Gasteiger partial charge on any atom is 0.270 e. The second kappa shape index (κ2) is 7.51. The number of pyridine rings is 1. The fraction of sp³-hybridized carbons (Fsp3) is 0.261. The SMILES string of the molecule is CC1CC(NC(=O)c2nccc3occc23)Cc2c1nn(C)c2-c1cc(F)c(F)c(F)c1. The fourth-order valence-electron chi connectivity index (χ4n) is 4.55. The van der Waals surface area contributed by atoms with Gasteiger partial charge in [-0.1, -0.05) is 6.92 Å². The third kappa shape index (κ3) is 3.24. The summed E-state index contributed by atoms with van der Waals surface area (Å²) in [4.78, 5) is 17.2. The van der Waals surface area contributed by atoms with E-state index in [2.05, 4.69) is 15.4 Å². The van der Waals surface area contributed by atoms with Crippen LogP contribution in [0.2, 0.25) is 0 Å². The Morgan fingerprint density at radius 2 is 1.97 bits per heavy atom. The van der Waals surface area contributed by atoms with Gasteiger partial charge >= 0.3 is 0 Å². The molecule has 6 nitrogen and oxygen atoms in total. The molecule has 3 heterocycles. The molecule has 1 amide bonds. The van der Waals surface area contributed by atoms with Gasteiger partial charge in [0.25, 0.3) is 5.91 Å². The summed E-state index contributed by atoms with van der Waals surface area (Å²) in [5.41, 5.74) is 3.10. The van der Waals surface area contributed by atoms with Crippen molar-refractivity contribution < 1.29 is 22.4 Å². The van der Waals surface area contributed by atoms with Crippen LogP contribution in [0.3, 0.4) is 0 Å². The molecule has 2 unspecified atom stereocenters. The van der Waals surface area contributed by atoms with Gasteiger partial charge in [0.05, 0.1) is 23.0 Å². The van der Waals surface area contributed by atoms with Crippen LogP contribution >= 0.6 is 0 Å². The van der Waals surface area contributed by atoms with Gasteiger partial charge in [-0.05, 0) is 37.1 Å². The quantitative estimate of drug-likeness (QED) is 0.477. The molecule has 1 aliphatic carbocycles. The molecule has 0 aliphatic heterocycles. The van der Waals surface area contributed by atoms with Crippen molar-refractivity contribution in [2.24, 2.45) is 7.05 Å². The maximum atomic E-state index is 13.9.